The van der Waals surface area contributed by atoms with E-state index in [4.69, 9.17) is 5.73 Å². The molecule has 0 aromatic carbocycles. The second-order valence-corrected chi connectivity index (χ2v) is 4.66. The molecule has 2 aromatic heterocycles. The lowest BCUT2D eigenvalue weighted by Crippen LogP contribution is -2.30. The van der Waals surface area contributed by atoms with Gasteiger partial charge in [0.25, 0.3) is 0 Å². The number of rotatable bonds is 1. The maximum atomic E-state index is 6.09. The van der Waals surface area contributed by atoms with Crippen LogP contribution in [0.4, 0.5) is 11.5 Å². The molecule has 3 heterocycles. The van der Waals surface area contributed by atoms with Crippen molar-refractivity contribution < 1.29 is 0 Å². The minimum atomic E-state index is 0.757. The van der Waals surface area contributed by atoms with Gasteiger partial charge in [-0.3, -0.25) is 4.68 Å². The fraction of sp³-hybridized carbons (Fsp3) is 0.500. The van der Waals surface area contributed by atoms with Gasteiger partial charge in [-0.25, -0.2) is 4.98 Å². The summed E-state index contributed by atoms with van der Waals surface area (Å²) in [5.74, 6) is 0.899. The lowest BCUT2D eigenvalue weighted by atomic mass is 10.1. The molecule has 1 saturated heterocycles. The highest BCUT2D eigenvalue weighted by Crippen LogP contribution is 2.27. The summed E-state index contributed by atoms with van der Waals surface area (Å²) in [6, 6.07) is 1.97. The third-order valence-electron chi connectivity index (χ3n) is 3.27. The molecule has 3 rings (SSSR count). The van der Waals surface area contributed by atoms with Gasteiger partial charge >= 0.3 is 0 Å². The molecule has 0 atom stereocenters. The molecule has 0 aliphatic carbocycles. The Morgan fingerprint density at radius 2 is 2.00 bits per heavy atom. The van der Waals surface area contributed by atoms with Crippen molar-refractivity contribution in [2.75, 3.05) is 23.7 Å². The first-order chi connectivity index (χ1) is 8.24. The number of pyridine rings is 1. The number of anilines is 2. The van der Waals surface area contributed by atoms with E-state index >= 15 is 0 Å². The number of hydrogen-bond donors (Lipinski definition) is 1. The van der Waals surface area contributed by atoms with Crippen molar-refractivity contribution >= 4 is 22.5 Å². The molecule has 5 heteroatoms. The summed E-state index contributed by atoms with van der Waals surface area (Å²) >= 11 is 0. The molecule has 0 amide bonds. The minimum absolute atomic E-state index is 0.757. The first-order valence-electron chi connectivity index (χ1n) is 6.09. The molecule has 17 heavy (non-hydrogen) atoms. The van der Waals surface area contributed by atoms with E-state index in [1.807, 2.05) is 19.3 Å². The van der Waals surface area contributed by atoms with Crippen LogP contribution in [0.3, 0.4) is 0 Å². The summed E-state index contributed by atoms with van der Waals surface area (Å²) in [7, 11) is 1.90. The summed E-state index contributed by atoms with van der Waals surface area (Å²) in [5, 5.41) is 5.34. The average Bonchev–Trinajstić information content (AvgIpc) is 2.68. The monoisotopic (exact) mass is 231 g/mol. The number of fused-ring (bicyclic) bond motifs is 1. The lowest BCUT2D eigenvalue weighted by Gasteiger charge is -2.28. The van der Waals surface area contributed by atoms with E-state index < -0.39 is 0 Å². The topological polar surface area (TPSA) is 60.0 Å². The Hall–Kier alpha value is -1.78. The van der Waals surface area contributed by atoms with Crippen molar-refractivity contribution in [2.24, 2.45) is 7.05 Å². The number of nitrogen functional groups attached to an aromatic ring is 1. The van der Waals surface area contributed by atoms with Gasteiger partial charge in [0.1, 0.15) is 0 Å². The summed E-state index contributed by atoms with van der Waals surface area (Å²) < 4.78 is 1.77. The minimum Gasteiger partial charge on any atom is -0.396 e. The highest BCUT2D eigenvalue weighted by molar-refractivity contribution is 5.83. The Labute approximate surface area is 100 Å². The quantitative estimate of drug-likeness (QED) is 0.808. The molecule has 0 spiro atoms. The highest BCUT2D eigenvalue weighted by Gasteiger charge is 2.16. The van der Waals surface area contributed by atoms with Crippen molar-refractivity contribution in [1.82, 2.24) is 14.8 Å². The van der Waals surface area contributed by atoms with E-state index in [0.717, 1.165) is 35.6 Å². The molecule has 5 nitrogen and oxygen atoms in total. The van der Waals surface area contributed by atoms with E-state index in [9.17, 15) is 0 Å². The van der Waals surface area contributed by atoms with E-state index in [2.05, 4.69) is 15.0 Å². The van der Waals surface area contributed by atoms with Crippen molar-refractivity contribution in [3.8, 4) is 0 Å². The maximum absolute atomic E-state index is 6.09. The molecule has 0 unspecified atom stereocenters. The van der Waals surface area contributed by atoms with Crippen LogP contribution in [0.1, 0.15) is 19.3 Å². The van der Waals surface area contributed by atoms with Crippen molar-refractivity contribution in [2.45, 2.75) is 19.3 Å². The summed E-state index contributed by atoms with van der Waals surface area (Å²) in [6.45, 7) is 2.10. The Morgan fingerprint density at radius 3 is 2.76 bits per heavy atom. The van der Waals surface area contributed by atoms with Crippen LogP contribution in [0.25, 0.3) is 11.0 Å². The Balaban J connectivity index is 2.05. The zero-order valence-corrected chi connectivity index (χ0v) is 10.1. The summed E-state index contributed by atoms with van der Waals surface area (Å²) in [4.78, 5) is 6.86. The predicted molar refractivity (Wildman–Crippen MR) is 69.0 cm³/mol. The standard InChI is InChI=1S/C12H17N5/c1-16-8-9-7-10(13)12(14-11(9)15-16)17-5-3-2-4-6-17/h7-8H,2-6,13H2,1H3. The maximum Gasteiger partial charge on any atom is 0.183 e. The highest BCUT2D eigenvalue weighted by atomic mass is 15.3. The SMILES string of the molecule is Cn1cc2cc(N)c(N3CCCCC3)nc2n1. The van der Waals surface area contributed by atoms with Crippen molar-refractivity contribution in [3.05, 3.63) is 12.3 Å². The number of aryl methyl sites for hydroxylation is 1. The Morgan fingerprint density at radius 1 is 1.24 bits per heavy atom. The normalized spacial score (nSPS) is 16.6. The molecule has 0 bridgehead atoms. The largest absolute Gasteiger partial charge is 0.396 e. The Kier molecular flexibility index (Phi) is 2.39. The molecule has 1 fully saturated rings. The first-order valence-corrected chi connectivity index (χ1v) is 6.09. The van der Waals surface area contributed by atoms with Gasteiger partial charge in [-0.05, 0) is 25.3 Å². The van der Waals surface area contributed by atoms with Gasteiger partial charge in [-0.15, -0.1) is 0 Å². The van der Waals surface area contributed by atoms with Crippen LogP contribution < -0.4 is 10.6 Å². The number of aromatic nitrogens is 3. The average molecular weight is 231 g/mol. The Bertz CT molecular complexity index is 539. The zero-order valence-electron chi connectivity index (χ0n) is 10.1. The van der Waals surface area contributed by atoms with Crippen molar-refractivity contribution in [1.29, 1.82) is 0 Å². The third kappa shape index (κ3) is 1.81. The lowest BCUT2D eigenvalue weighted by molar-refractivity contribution is 0.574. The predicted octanol–water partition coefficient (Wildman–Crippen LogP) is 1.54. The fourth-order valence-electron chi connectivity index (χ4n) is 2.44. The van der Waals surface area contributed by atoms with Crippen LogP contribution in [0.5, 0.6) is 0 Å². The number of nitrogens with two attached hydrogens (primary N) is 1. The van der Waals surface area contributed by atoms with Crippen LogP contribution in [0.2, 0.25) is 0 Å². The van der Waals surface area contributed by atoms with Gasteiger partial charge in [-0.1, -0.05) is 0 Å². The molecule has 2 N–H and O–H groups in total. The summed E-state index contributed by atoms with van der Waals surface area (Å²) in [5.41, 5.74) is 7.62. The number of nitrogens with zero attached hydrogens (tertiary/aromatic N) is 4. The summed E-state index contributed by atoms with van der Waals surface area (Å²) in [6.07, 6.45) is 5.70. The van der Waals surface area contributed by atoms with Crippen LogP contribution >= 0.6 is 0 Å². The van der Waals surface area contributed by atoms with Gasteiger partial charge in [0.2, 0.25) is 0 Å². The second kappa shape index (κ2) is 3.91. The molecule has 1 aliphatic rings. The van der Waals surface area contributed by atoms with Gasteiger partial charge in [0.15, 0.2) is 11.5 Å². The molecule has 90 valence electrons. The van der Waals surface area contributed by atoms with Gasteiger partial charge in [-0.2, -0.15) is 5.10 Å². The second-order valence-electron chi connectivity index (χ2n) is 4.66. The molecule has 0 radical (unpaired) electrons. The van der Waals surface area contributed by atoms with Crippen LogP contribution in [0, 0.1) is 0 Å². The van der Waals surface area contributed by atoms with Crippen LogP contribution in [-0.2, 0) is 7.05 Å². The number of hydrogen-bond acceptors (Lipinski definition) is 4. The molecular weight excluding hydrogens is 214 g/mol. The van der Waals surface area contributed by atoms with Gasteiger partial charge in [0, 0.05) is 31.7 Å². The zero-order chi connectivity index (χ0) is 11.8. The number of piperidine rings is 1. The van der Waals surface area contributed by atoms with E-state index in [1.165, 1.54) is 19.3 Å². The first kappa shape index (κ1) is 10.4. The molecule has 1 aliphatic heterocycles. The van der Waals surface area contributed by atoms with E-state index in [0.29, 0.717) is 0 Å². The van der Waals surface area contributed by atoms with E-state index in [1.54, 1.807) is 4.68 Å². The van der Waals surface area contributed by atoms with E-state index in [-0.39, 0.29) is 0 Å². The smallest absolute Gasteiger partial charge is 0.183 e. The molecule has 2 aromatic rings. The van der Waals surface area contributed by atoms with Gasteiger partial charge < -0.3 is 10.6 Å². The van der Waals surface area contributed by atoms with Crippen molar-refractivity contribution in [3.63, 3.8) is 0 Å². The van der Waals surface area contributed by atoms with Crippen LogP contribution in [-0.4, -0.2) is 27.9 Å². The van der Waals surface area contributed by atoms with Gasteiger partial charge in [0.05, 0.1) is 5.69 Å². The van der Waals surface area contributed by atoms with Crippen LogP contribution in [0.15, 0.2) is 12.3 Å². The molecule has 0 saturated carbocycles. The molecular formula is C12H17N5. The fourth-order valence-corrected chi connectivity index (χ4v) is 2.44. The third-order valence-corrected chi connectivity index (χ3v) is 3.27.